The highest BCUT2D eigenvalue weighted by Crippen LogP contribution is 2.19. The van der Waals surface area contributed by atoms with E-state index in [2.05, 4.69) is 0 Å². The largest absolute Gasteiger partial charge is 0.377 e. The van der Waals surface area contributed by atoms with Crippen LogP contribution >= 0.6 is 0 Å². The molecule has 0 aromatic heterocycles. The summed E-state index contributed by atoms with van der Waals surface area (Å²) in [4.78, 5) is -0.354. The van der Waals surface area contributed by atoms with E-state index in [0.717, 1.165) is 10.4 Å². The predicted octanol–water partition coefficient (Wildman–Crippen LogP) is 1.33. The van der Waals surface area contributed by atoms with Crippen LogP contribution in [0.4, 0.5) is 4.39 Å². The first-order valence-corrected chi connectivity index (χ1v) is 7.79. The number of hydrogen-bond acceptors (Lipinski definition) is 4. The third-order valence-electron chi connectivity index (χ3n) is 2.78. The Morgan fingerprint density at radius 3 is 2.60 bits per heavy atom. The molecule has 1 aromatic rings. The summed E-state index contributed by atoms with van der Waals surface area (Å²) in [6.45, 7) is 4.29. The molecular formula is C13H21FN2O3S. The first-order chi connectivity index (χ1) is 9.28. The summed E-state index contributed by atoms with van der Waals surface area (Å²) in [5, 5.41) is 0. The van der Waals surface area contributed by atoms with Crippen LogP contribution in [0.2, 0.25) is 0 Å². The van der Waals surface area contributed by atoms with Gasteiger partial charge in [-0.15, -0.1) is 0 Å². The van der Waals surface area contributed by atoms with Gasteiger partial charge in [0.15, 0.2) is 0 Å². The van der Waals surface area contributed by atoms with E-state index in [4.69, 9.17) is 10.5 Å². The number of sulfonamides is 1. The Bertz CT molecular complexity index is 547. The summed E-state index contributed by atoms with van der Waals surface area (Å²) in [5.41, 5.74) is 6.02. The van der Waals surface area contributed by atoms with Gasteiger partial charge in [0.25, 0.3) is 0 Å². The highest BCUT2D eigenvalue weighted by atomic mass is 32.2. The fraction of sp³-hybridized carbons (Fsp3) is 0.538. The van der Waals surface area contributed by atoms with Crippen LogP contribution in [0.25, 0.3) is 0 Å². The van der Waals surface area contributed by atoms with E-state index < -0.39 is 15.8 Å². The van der Waals surface area contributed by atoms with Gasteiger partial charge >= 0.3 is 0 Å². The highest BCUT2D eigenvalue weighted by Gasteiger charge is 2.24. The first-order valence-electron chi connectivity index (χ1n) is 6.35. The second-order valence-electron chi connectivity index (χ2n) is 4.72. The Morgan fingerprint density at radius 2 is 2.05 bits per heavy atom. The molecule has 5 nitrogen and oxygen atoms in total. The number of nitrogens with zero attached hydrogens (tertiary/aromatic N) is 1. The van der Waals surface area contributed by atoms with Crippen molar-refractivity contribution in [3.63, 3.8) is 0 Å². The van der Waals surface area contributed by atoms with Crippen molar-refractivity contribution < 1.29 is 17.5 Å². The molecular weight excluding hydrogens is 283 g/mol. The molecule has 0 saturated heterocycles. The predicted molar refractivity (Wildman–Crippen MR) is 75.2 cm³/mol. The summed E-state index contributed by atoms with van der Waals surface area (Å²) in [6.07, 6.45) is 0.0170. The highest BCUT2D eigenvalue weighted by molar-refractivity contribution is 7.89. The van der Waals surface area contributed by atoms with Gasteiger partial charge in [0.1, 0.15) is 10.7 Å². The molecule has 114 valence electrons. The third-order valence-corrected chi connectivity index (χ3v) is 4.65. The fourth-order valence-electron chi connectivity index (χ4n) is 1.58. The molecule has 0 unspecified atom stereocenters. The van der Waals surface area contributed by atoms with Crippen LogP contribution in [0, 0.1) is 5.82 Å². The number of rotatable bonds is 7. The average Bonchev–Trinajstić information content (AvgIpc) is 2.38. The van der Waals surface area contributed by atoms with E-state index in [-0.39, 0.29) is 30.7 Å². The zero-order chi connectivity index (χ0) is 15.3. The second-order valence-corrected chi connectivity index (χ2v) is 6.73. The Labute approximate surface area is 119 Å². The third kappa shape index (κ3) is 4.24. The number of nitrogens with two attached hydrogens (primary N) is 1. The molecule has 0 heterocycles. The first kappa shape index (κ1) is 17.0. The van der Waals surface area contributed by atoms with Gasteiger partial charge < -0.3 is 10.5 Å². The molecule has 0 aliphatic heterocycles. The van der Waals surface area contributed by atoms with E-state index in [1.165, 1.54) is 19.2 Å². The number of benzene rings is 1. The molecule has 0 spiro atoms. The summed E-state index contributed by atoms with van der Waals surface area (Å²) in [7, 11) is -2.48. The Hall–Kier alpha value is -1.02. The van der Waals surface area contributed by atoms with Crippen LogP contribution in [0.5, 0.6) is 0 Å². The van der Waals surface area contributed by atoms with Gasteiger partial charge in [0, 0.05) is 20.1 Å². The van der Waals surface area contributed by atoms with Crippen molar-refractivity contribution in [1.82, 2.24) is 4.31 Å². The van der Waals surface area contributed by atoms with E-state index in [1.54, 1.807) is 0 Å². The molecule has 2 N–H and O–H groups in total. The van der Waals surface area contributed by atoms with Crippen LogP contribution in [0.15, 0.2) is 23.1 Å². The van der Waals surface area contributed by atoms with Gasteiger partial charge in [-0.05, 0) is 31.5 Å². The molecule has 0 amide bonds. The minimum atomic E-state index is -3.88. The number of ether oxygens (including phenoxy) is 1. The molecule has 0 aliphatic rings. The Morgan fingerprint density at radius 1 is 1.40 bits per heavy atom. The molecule has 7 heteroatoms. The van der Waals surface area contributed by atoms with Crippen molar-refractivity contribution in [2.75, 3.05) is 20.2 Å². The summed E-state index contributed by atoms with van der Waals surface area (Å²) >= 11 is 0. The molecule has 0 saturated carbocycles. The van der Waals surface area contributed by atoms with Crippen molar-refractivity contribution in [3.8, 4) is 0 Å². The number of likely N-dealkylation sites (N-methyl/N-ethyl adjacent to an activating group) is 1. The van der Waals surface area contributed by atoms with Crippen LogP contribution in [0.3, 0.4) is 0 Å². The standard InChI is InChI=1S/C13H21FN2O3S/c1-10(2)19-7-6-16(3)20(17,18)13-8-11(9-15)4-5-12(13)14/h4-5,8,10H,6-7,9,15H2,1-3H3. The summed E-state index contributed by atoms with van der Waals surface area (Å²) in [6, 6.07) is 3.86. The lowest BCUT2D eigenvalue weighted by Gasteiger charge is -2.18. The molecule has 1 rings (SSSR count). The lowest BCUT2D eigenvalue weighted by molar-refractivity contribution is 0.0737. The lowest BCUT2D eigenvalue weighted by Crippen LogP contribution is -2.31. The van der Waals surface area contributed by atoms with E-state index in [9.17, 15) is 12.8 Å². The molecule has 0 radical (unpaired) electrons. The van der Waals surface area contributed by atoms with Crippen LogP contribution < -0.4 is 5.73 Å². The minimum Gasteiger partial charge on any atom is -0.377 e. The maximum atomic E-state index is 13.7. The van der Waals surface area contributed by atoms with Gasteiger partial charge in [0.05, 0.1) is 12.7 Å². The van der Waals surface area contributed by atoms with Crippen LogP contribution in [-0.2, 0) is 21.3 Å². The zero-order valence-corrected chi connectivity index (χ0v) is 12.8. The normalized spacial score (nSPS) is 12.3. The minimum absolute atomic E-state index is 0.0170. The molecule has 20 heavy (non-hydrogen) atoms. The monoisotopic (exact) mass is 304 g/mol. The topological polar surface area (TPSA) is 72.6 Å². The SMILES string of the molecule is CC(C)OCCN(C)S(=O)(=O)c1cc(CN)ccc1F. The van der Waals surface area contributed by atoms with Gasteiger partial charge in [-0.3, -0.25) is 0 Å². The molecule has 0 aliphatic carbocycles. The maximum Gasteiger partial charge on any atom is 0.245 e. The van der Waals surface area contributed by atoms with E-state index in [1.807, 2.05) is 13.8 Å². The zero-order valence-electron chi connectivity index (χ0n) is 12.0. The fourth-order valence-corrected chi connectivity index (χ4v) is 2.84. The average molecular weight is 304 g/mol. The lowest BCUT2D eigenvalue weighted by atomic mass is 10.2. The van der Waals surface area contributed by atoms with Gasteiger partial charge in [-0.25, -0.2) is 12.8 Å². The summed E-state index contributed by atoms with van der Waals surface area (Å²) < 4.78 is 44.7. The van der Waals surface area contributed by atoms with Gasteiger partial charge in [0.2, 0.25) is 10.0 Å². The summed E-state index contributed by atoms with van der Waals surface area (Å²) in [5.74, 6) is -0.779. The van der Waals surface area contributed by atoms with Crippen LogP contribution in [-0.4, -0.2) is 39.0 Å². The van der Waals surface area contributed by atoms with Crippen LogP contribution in [0.1, 0.15) is 19.4 Å². The maximum absolute atomic E-state index is 13.7. The molecule has 0 bridgehead atoms. The van der Waals surface area contributed by atoms with Crippen molar-refractivity contribution in [3.05, 3.63) is 29.6 Å². The van der Waals surface area contributed by atoms with Crippen molar-refractivity contribution >= 4 is 10.0 Å². The molecule has 0 atom stereocenters. The van der Waals surface area contributed by atoms with Gasteiger partial charge in [-0.2, -0.15) is 4.31 Å². The smallest absolute Gasteiger partial charge is 0.245 e. The second kappa shape index (κ2) is 7.12. The van der Waals surface area contributed by atoms with Gasteiger partial charge in [-0.1, -0.05) is 6.07 Å². The number of halogens is 1. The number of hydrogen-bond donors (Lipinski definition) is 1. The van der Waals surface area contributed by atoms with Crippen molar-refractivity contribution in [1.29, 1.82) is 0 Å². The van der Waals surface area contributed by atoms with E-state index in [0.29, 0.717) is 5.56 Å². The van der Waals surface area contributed by atoms with E-state index >= 15 is 0 Å². The molecule has 0 fully saturated rings. The Balaban J connectivity index is 2.92. The van der Waals surface area contributed by atoms with Crippen molar-refractivity contribution in [2.45, 2.75) is 31.4 Å². The Kier molecular flexibility index (Phi) is 6.07. The quantitative estimate of drug-likeness (QED) is 0.825. The molecule has 1 aromatic carbocycles. The van der Waals surface area contributed by atoms with Crippen molar-refractivity contribution in [2.24, 2.45) is 5.73 Å².